The molecule has 1 aromatic rings. The molecule has 0 amide bonds. The summed E-state index contributed by atoms with van der Waals surface area (Å²) in [5, 5.41) is 0. The second-order valence-electron chi connectivity index (χ2n) is 5.63. The molecule has 0 aromatic heterocycles. The molecule has 18 heavy (non-hydrogen) atoms. The van der Waals surface area contributed by atoms with Gasteiger partial charge in [0, 0.05) is 0 Å². The lowest BCUT2D eigenvalue weighted by Crippen LogP contribution is -2.38. The third-order valence-electron chi connectivity index (χ3n) is 4.35. The maximum absolute atomic E-state index is 12.3. The van der Waals surface area contributed by atoms with E-state index >= 15 is 0 Å². The molecule has 0 spiro atoms. The van der Waals surface area contributed by atoms with E-state index in [0.717, 1.165) is 24.8 Å². The van der Waals surface area contributed by atoms with Gasteiger partial charge in [-0.05, 0) is 31.2 Å². The molecule has 0 aliphatic heterocycles. The summed E-state index contributed by atoms with van der Waals surface area (Å²) in [6, 6.07) is 9.87. The van der Waals surface area contributed by atoms with Crippen LogP contribution in [0.4, 0.5) is 0 Å². The summed E-state index contributed by atoms with van der Waals surface area (Å²) in [5.41, 5.74) is 0.769. The van der Waals surface area contributed by atoms with Crippen LogP contribution < -0.4 is 0 Å². The summed E-state index contributed by atoms with van der Waals surface area (Å²) in [5.74, 6) is 0.396. The van der Waals surface area contributed by atoms with Crippen molar-refractivity contribution in [1.29, 1.82) is 0 Å². The third-order valence-corrected chi connectivity index (χ3v) is 4.35. The number of rotatable bonds is 3. The fourth-order valence-electron chi connectivity index (χ4n) is 2.70. The minimum absolute atomic E-state index is 0.0291. The predicted octanol–water partition coefficient (Wildman–Crippen LogP) is 3.95. The lowest BCUT2D eigenvalue weighted by Gasteiger charge is -2.37. The van der Waals surface area contributed by atoms with Gasteiger partial charge >= 0.3 is 5.97 Å². The molecule has 0 unspecified atom stereocenters. The van der Waals surface area contributed by atoms with Gasteiger partial charge < -0.3 is 4.74 Å². The van der Waals surface area contributed by atoms with Gasteiger partial charge in [0.15, 0.2) is 0 Å². The Balaban J connectivity index is 1.95. The quantitative estimate of drug-likeness (QED) is 0.755. The Hall–Kier alpha value is -1.31. The number of hydrogen-bond acceptors (Lipinski definition) is 2. The zero-order valence-electron chi connectivity index (χ0n) is 11.3. The molecular formula is C16H22O2. The second-order valence-corrected chi connectivity index (χ2v) is 5.63. The van der Waals surface area contributed by atoms with E-state index in [0.29, 0.717) is 12.5 Å². The van der Waals surface area contributed by atoms with Crippen molar-refractivity contribution >= 4 is 5.97 Å². The molecule has 0 radical (unpaired) electrons. The predicted molar refractivity (Wildman–Crippen MR) is 72.0 cm³/mol. The molecule has 2 atom stereocenters. The maximum atomic E-state index is 12.3. The largest absolute Gasteiger partial charge is 0.460 e. The lowest BCUT2D eigenvalue weighted by atomic mass is 9.68. The highest BCUT2D eigenvalue weighted by Crippen LogP contribution is 2.41. The van der Waals surface area contributed by atoms with Gasteiger partial charge in [-0.1, -0.05) is 50.1 Å². The van der Waals surface area contributed by atoms with Crippen LogP contribution >= 0.6 is 0 Å². The number of benzene rings is 1. The Morgan fingerprint density at radius 1 is 1.33 bits per heavy atom. The standard InChI is InChI=1S/C16H22O2/c1-13-8-6-7-11-16(13,2)15(17)18-12-14-9-4-3-5-10-14/h3-5,9-10,13H,6-8,11-12H2,1-2H3/t13-,16+/m0/s1. The summed E-state index contributed by atoms with van der Waals surface area (Å²) < 4.78 is 5.50. The van der Waals surface area contributed by atoms with Crippen LogP contribution in [0.3, 0.4) is 0 Å². The van der Waals surface area contributed by atoms with Gasteiger partial charge in [0.1, 0.15) is 6.61 Å². The molecule has 1 saturated carbocycles. The van der Waals surface area contributed by atoms with E-state index in [1.807, 2.05) is 30.3 Å². The van der Waals surface area contributed by atoms with Crippen molar-refractivity contribution in [2.24, 2.45) is 11.3 Å². The second kappa shape index (κ2) is 5.55. The van der Waals surface area contributed by atoms with Crippen molar-refractivity contribution in [3.05, 3.63) is 35.9 Å². The van der Waals surface area contributed by atoms with Crippen LogP contribution in [0.25, 0.3) is 0 Å². The molecule has 2 nitrogen and oxygen atoms in total. The molecule has 0 bridgehead atoms. The van der Waals surface area contributed by atoms with Crippen molar-refractivity contribution < 1.29 is 9.53 Å². The van der Waals surface area contributed by atoms with Crippen LogP contribution in [0.5, 0.6) is 0 Å². The van der Waals surface area contributed by atoms with E-state index in [9.17, 15) is 4.79 Å². The van der Waals surface area contributed by atoms with Crippen molar-refractivity contribution in [3.8, 4) is 0 Å². The van der Waals surface area contributed by atoms with Crippen LogP contribution in [0.2, 0.25) is 0 Å². The summed E-state index contributed by atoms with van der Waals surface area (Å²) in [4.78, 5) is 12.3. The monoisotopic (exact) mass is 246 g/mol. The Kier molecular flexibility index (Phi) is 4.05. The Labute approximate surface area is 109 Å². The highest BCUT2D eigenvalue weighted by Gasteiger charge is 2.41. The van der Waals surface area contributed by atoms with E-state index in [4.69, 9.17) is 4.74 Å². The van der Waals surface area contributed by atoms with E-state index in [1.54, 1.807) is 0 Å². The van der Waals surface area contributed by atoms with E-state index in [2.05, 4.69) is 13.8 Å². The summed E-state index contributed by atoms with van der Waals surface area (Å²) in [6.07, 6.45) is 4.47. The lowest BCUT2D eigenvalue weighted by molar-refractivity contribution is -0.161. The summed E-state index contributed by atoms with van der Waals surface area (Å²) in [7, 11) is 0. The molecule has 0 heterocycles. The zero-order valence-corrected chi connectivity index (χ0v) is 11.3. The average Bonchev–Trinajstić information content (AvgIpc) is 2.40. The van der Waals surface area contributed by atoms with E-state index in [1.165, 1.54) is 6.42 Å². The number of carbonyl (C=O) groups is 1. The van der Waals surface area contributed by atoms with Gasteiger partial charge in [0.25, 0.3) is 0 Å². The summed E-state index contributed by atoms with van der Waals surface area (Å²) in [6.45, 7) is 4.62. The van der Waals surface area contributed by atoms with Crippen molar-refractivity contribution in [3.63, 3.8) is 0 Å². The average molecular weight is 246 g/mol. The minimum Gasteiger partial charge on any atom is -0.460 e. The smallest absolute Gasteiger partial charge is 0.312 e. The number of carbonyl (C=O) groups excluding carboxylic acids is 1. The topological polar surface area (TPSA) is 26.3 Å². The van der Waals surface area contributed by atoms with Gasteiger partial charge in [-0.25, -0.2) is 0 Å². The van der Waals surface area contributed by atoms with Gasteiger partial charge in [-0.3, -0.25) is 4.79 Å². The Bertz CT molecular complexity index is 399. The number of hydrogen-bond donors (Lipinski definition) is 0. The molecule has 2 rings (SSSR count). The minimum atomic E-state index is -0.285. The van der Waals surface area contributed by atoms with Crippen LogP contribution in [0.15, 0.2) is 30.3 Å². The normalized spacial score (nSPS) is 27.8. The Morgan fingerprint density at radius 3 is 2.72 bits per heavy atom. The molecule has 2 heteroatoms. The number of esters is 1. The first-order valence-corrected chi connectivity index (χ1v) is 6.84. The van der Waals surface area contributed by atoms with Crippen molar-refractivity contribution in [2.75, 3.05) is 0 Å². The van der Waals surface area contributed by atoms with Gasteiger partial charge in [0.2, 0.25) is 0 Å². The highest BCUT2D eigenvalue weighted by molar-refractivity contribution is 5.76. The van der Waals surface area contributed by atoms with E-state index < -0.39 is 0 Å². The first kappa shape index (κ1) is 13.1. The van der Waals surface area contributed by atoms with Crippen molar-refractivity contribution in [2.45, 2.75) is 46.1 Å². The van der Waals surface area contributed by atoms with Crippen LogP contribution in [-0.2, 0) is 16.1 Å². The highest BCUT2D eigenvalue weighted by atomic mass is 16.5. The first-order valence-electron chi connectivity index (χ1n) is 6.84. The molecule has 0 saturated heterocycles. The molecule has 0 N–H and O–H groups in total. The SMILES string of the molecule is C[C@H]1CCCC[C@@]1(C)C(=O)OCc1ccccc1. The molecule has 1 aliphatic rings. The van der Waals surface area contributed by atoms with Crippen LogP contribution in [0, 0.1) is 11.3 Å². The third kappa shape index (κ3) is 2.74. The fourth-order valence-corrected chi connectivity index (χ4v) is 2.70. The van der Waals surface area contributed by atoms with Crippen LogP contribution in [0.1, 0.15) is 45.1 Å². The van der Waals surface area contributed by atoms with Gasteiger partial charge in [-0.15, -0.1) is 0 Å². The summed E-state index contributed by atoms with van der Waals surface area (Å²) >= 11 is 0. The van der Waals surface area contributed by atoms with Gasteiger partial charge in [-0.2, -0.15) is 0 Å². The molecule has 1 aliphatic carbocycles. The van der Waals surface area contributed by atoms with E-state index in [-0.39, 0.29) is 11.4 Å². The Morgan fingerprint density at radius 2 is 2.06 bits per heavy atom. The molecule has 1 fully saturated rings. The molecule has 98 valence electrons. The van der Waals surface area contributed by atoms with Gasteiger partial charge in [0.05, 0.1) is 5.41 Å². The fraction of sp³-hybridized carbons (Fsp3) is 0.562. The maximum Gasteiger partial charge on any atom is 0.312 e. The number of ether oxygens (including phenoxy) is 1. The van der Waals surface area contributed by atoms with Crippen LogP contribution in [-0.4, -0.2) is 5.97 Å². The molecular weight excluding hydrogens is 224 g/mol. The van der Waals surface area contributed by atoms with Crippen molar-refractivity contribution in [1.82, 2.24) is 0 Å². The first-order chi connectivity index (χ1) is 8.63. The zero-order chi connectivity index (χ0) is 13.0. The molecule has 1 aromatic carbocycles.